The van der Waals surface area contributed by atoms with Crippen LogP contribution in [0.3, 0.4) is 0 Å². The van der Waals surface area contributed by atoms with Crippen LogP contribution in [-0.2, 0) is 6.42 Å². The molecule has 6 nitrogen and oxygen atoms in total. The molecular weight excluding hydrogens is 290 g/mol. The van der Waals surface area contributed by atoms with Crippen LogP contribution in [0.5, 0.6) is 0 Å². The van der Waals surface area contributed by atoms with Gasteiger partial charge in [-0.2, -0.15) is 14.6 Å². The van der Waals surface area contributed by atoms with Gasteiger partial charge in [-0.1, -0.05) is 6.92 Å². The molecule has 0 radical (unpaired) electrons. The highest BCUT2D eigenvalue weighted by atomic mass is 35.5. The van der Waals surface area contributed by atoms with Crippen LogP contribution in [0.1, 0.15) is 45.4 Å². The second-order valence-electron chi connectivity index (χ2n) is 6.28. The first-order valence-electron chi connectivity index (χ1n) is 6.92. The molecule has 0 aliphatic carbocycles. The number of aryl methyl sites for hydroxylation is 1. The molecule has 21 heavy (non-hydrogen) atoms. The first-order valence-corrected chi connectivity index (χ1v) is 6.92. The lowest BCUT2D eigenvalue weighted by molar-refractivity contribution is 0.439. The fourth-order valence-corrected chi connectivity index (χ4v) is 3.15. The molecule has 1 atom stereocenters. The SMILES string of the molecule is CCC1Cc2c(C)nc3ncnn3c2N1C(C)(C)C.Cl.O. The van der Waals surface area contributed by atoms with Crippen molar-refractivity contribution in [3.63, 3.8) is 0 Å². The highest BCUT2D eigenvalue weighted by Crippen LogP contribution is 2.39. The molecule has 2 aromatic heterocycles. The Balaban J connectivity index is 0.00000110. The van der Waals surface area contributed by atoms with Crippen molar-refractivity contribution in [3.05, 3.63) is 17.6 Å². The zero-order valence-electron chi connectivity index (χ0n) is 13.2. The molecule has 0 aromatic carbocycles. The predicted octanol–water partition coefficient (Wildman–Crippen LogP) is 1.97. The Kier molecular flexibility index (Phi) is 4.85. The minimum Gasteiger partial charge on any atom is -0.412 e. The Morgan fingerprint density at radius 2 is 2.00 bits per heavy atom. The Bertz CT molecular complexity index is 634. The number of aromatic nitrogens is 4. The summed E-state index contributed by atoms with van der Waals surface area (Å²) in [5, 5.41) is 4.37. The van der Waals surface area contributed by atoms with Crippen LogP contribution < -0.4 is 4.90 Å². The molecule has 1 aliphatic rings. The lowest BCUT2D eigenvalue weighted by Crippen LogP contribution is -2.46. The standard InChI is InChI=1S/C14H21N5.ClH.H2O/c1-6-10-7-11-9(2)17-13-15-8-16-19(13)12(11)18(10)14(3,4)5;;/h8,10H,6-7H2,1-5H3;1H;1H2. The van der Waals surface area contributed by atoms with Crippen LogP contribution in [-0.4, -0.2) is 36.6 Å². The zero-order valence-corrected chi connectivity index (χ0v) is 14.0. The van der Waals surface area contributed by atoms with Gasteiger partial charge in [-0.25, -0.2) is 4.98 Å². The highest BCUT2D eigenvalue weighted by molar-refractivity contribution is 5.85. The van der Waals surface area contributed by atoms with Gasteiger partial charge in [-0.15, -0.1) is 12.4 Å². The Morgan fingerprint density at radius 1 is 1.33 bits per heavy atom. The molecule has 118 valence electrons. The van der Waals surface area contributed by atoms with Gasteiger partial charge in [0.2, 0.25) is 0 Å². The number of fused-ring (bicyclic) bond motifs is 3. The van der Waals surface area contributed by atoms with Crippen LogP contribution in [0.25, 0.3) is 5.78 Å². The first kappa shape index (κ1) is 17.7. The molecular formula is C14H24ClN5O. The number of hydrogen-bond acceptors (Lipinski definition) is 4. The minimum atomic E-state index is 0. The maximum absolute atomic E-state index is 4.56. The second-order valence-corrected chi connectivity index (χ2v) is 6.28. The lowest BCUT2D eigenvalue weighted by atomic mass is 10.0. The molecule has 0 bridgehead atoms. The van der Waals surface area contributed by atoms with Crippen LogP contribution in [0, 0.1) is 6.92 Å². The van der Waals surface area contributed by atoms with Crippen molar-refractivity contribution in [1.82, 2.24) is 19.6 Å². The molecule has 1 aliphatic heterocycles. The van der Waals surface area contributed by atoms with Gasteiger partial charge in [0.1, 0.15) is 12.1 Å². The summed E-state index contributed by atoms with van der Waals surface area (Å²) in [6.45, 7) is 11.1. The molecule has 0 saturated carbocycles. The Hall–Kier alpha value is -1.40. The summed E-state index contributed by atoms with van der Waals surface area (Å²) >= 11 is 0. The number of hydrogen-bond donors (Lipinski definition) is 0. The summed E-state index contributed by atoms with van der Waals surface area (Å²) in [5.74, 6) is 1.88. The van der Waals surface area contributed by atoms with Gasteiger partial charge in [-0.3, -0.25) is 0 Å². The van der Waals surface area contributed by atoms with E-state index in [1.807, 2.05) is 4.52 Å². The normalized spacial score (nSPS) is 17.4. The molecule has 3 heterocycles. The molecule has 0 spiro atoms. The Labute approximate surface area is 131 Å². The van der Waals surface area contributed by atoms with E-state index in [1.165, 1.54) is 11.4 Å². The average molecular weight is 314 g/mol. The fourth-order valence-electron chi connectivity index (χ4n) is 3.15. The van der Waals surface area contributed by atoms with Crippen molar-refractivity contribution >= 4 is 24.0 Å². The van der Waals surface area contributed by atoms with E-state index in [0.717, 1.165) is 18.5 Å². The number of rotatable bonds is 1. The van der Waals surface area contributed by atoms with Crippen molar-refractivity contribution in [2.24, 2.45) is 0 Å². The lowest BCUT2D eigenvalue weighted by Gasteiger charge is -2.39. The van der Waals surface area contributed by atoms with E-state index in [1.54, 1.807) is 6.33 Å². The largest absolute Gasteiger partial charge is 0.412 e. The van der Waals surface area contributed by atoms with E-state index < -0.39 is 0 Å². The minimum absolute atomic E-state index is 0. The van der Waals surface area contributed by atoms with Gasteiger partial charge in [0.25, 0.3) is 5.78 Å². The molecule has 0 amide bonds. The van der Waals surface area contributed by atoms with E-state index in [4.69, 9.17) is 0 Å². The maximum atomic E-state index is 4.56. The number of nitrogens with zero attached hydrogens (tertiary/aromatic N) is 5. The summed E-state index contributed by atoms with van der Waals surface area (Å²) in [7, 11) is 0. The second kappa shape index (κ2) is 5.77. The summed E-state index contributed by atoms with van der Waals surface area (Å²) in [5.41, 5.74) is 2.47. The van der Waals surface area contributed by atoms with Gasteiger partial charge >= 0.3 is 0 Å². The molecule has 2 N–H and O–H groups in total. The van der Waals surface area contributed by atoms with Crippen LogP contribution in [0.2, 0.25) is 0 Å². The van der Waals surface area contributed by atoms with Crippen LogP contribution in [0.15, 0.2) is 6.33 Å². The monoisotopic (exact) mass is 313 g/mol. The highest BCUT2D eigenvalue weighted by Gasteiger charge is 2.38. The average Bonchev–Trinajstić information content (AvgIpc) is 2.89. The third kappa shape index (κ3) is 2.58. The van der Waals surface area contributed by atoms with Gasteiger partial charge in [-0.05, 0) is 40.5 Å². The van der Waals surface area contributed by atoms with Crippen molar-refractivity contribution in [2.75, 3.05) is 4.90 Å². The zero-order chi connectivity index (χ0) is 13.8. The van der Waals surface area contributed by atoms with Crippen molar-refractivity contribution in [3.8, 4) is 0 Å². The third-order valence-electron chi connectivity index (χ3n) is 3.93. The topological polar surface area (TPSA) is 77.8 Å². The first-order chi connectivity index (χ1) is 8.93. The van der Waals surface area contributed by atoms with Gasteiger partial charge < -0.3 is 10.4 Å². The van der Waals surface area contributed by atoms with Crippen LogP contribution in [0.4, 0.5) is 5.82 Å². The summed E-state index contributed by atoms with van der Waals surface area (Å²) in [6, 6.07) is 0.519. The van der Waals surface area contributed by atoms with Gasteiger partial charge in [0.15, 0.2) is 0 Å². The van der Waals surface area contributed by atoms with E-state index in [0.29, 0.717) is 11.8 Å². The molecule has 2 aromatic rings. The van der Waals surface area contributed by atoms with Crippen molar-refractivity contribution < 1.29 is 5.48 Å². The smallest absolute Gasteiger partial charge is 0.254 e. The number of halogens is 1. The molecule has 7 heteroatoms. The summed E-state index contributed by atoms with van der Waals surface area (Å²) in [6.07, 6.45) is 3.77. The van der Waals surface area contributed by atoms with Crippen molar-refractivity contribution in [2.45, 2.75) is 59.0 Å². The molecule has 0 saturated heterocycles. The van der Waals surface area contributed by atoms with Crippen LogP contribution >= 0.6 is 12.4 Å². The fraction of sp³-hybridized carbons (Fsp3) is 0.643. The van der Waals surface area contributed by atoms with E-state index in [-0.39, 0.29) is 23.4 Å². The van der Waals surface area contributed by atoms with E-state index >= 15 is 0 Å². The van der Waals surface area contributed by atoms with Gasteiger partial charge in [0, 0.05) is 22.8 Å². The number of anilines is 1. The third-order valence-corrected chi connectivity index (χ3v) is 3.93. The molecule has 1 unspecified atom stereocenters. The summed E-state index contributed by atoms with van der Waals surface area (Å²) < 4.78 is 1.89. The van der Waals surface area contributed by atoms with E-state index in [9.17, 15) is 0 Å². The molecule has 3 rings (SSSR count). The van der Waals surface area contributed by atoms with Crippen molar-refractivity contribution in [1.29, 1.82) is 0 Å². The quantitative estimate of drug-likeness (QED) is 0.806. The molecule has 0 fully saturated rings. The van der Waals surface area contributed by atoms with E-state index in [2.05, 4.69) is 54.6 Å². The Morgan fingerprint density at radius 3 is 2.57 bits per heavy atom. The predicted molar refractivity (Wildman–Crippen MR) is 86.4 cm³/mol. The van der Waals surface area contributed by atoms with Gasteiger partial charge in [0.05, 0.1) is 0 Å². The summed E-state index contributed by atoms with van der Waals surface area (Å²) in [4.78, 5) is 11.3. The maximum Gasteiger partial charge on any atom is 0.254 e.